The van der Waals surface area contributed by atoms with Crippen molar-refractivity contribution in [2.45, 2.75) is 25.5 Å². The van der Waals surface area contributed by atoms with Crippen LogP contribution in [0, 0.1) is 0 Å². The number of hydrogen-bond donors (Lipinski definition) is 0. The molecule has 2 aromatic heterocycles. The van der Waals surface area contributed by atoms with E-state index in [0.29, 0.717) is 9.76 Å². The fourth-order valence-electron chi connectivity index (χ4n) is 2.10. The first-order valence-electron chi connectivity index (χ1n) is 5.57. The van der Waals surface area contributed by atoms with Gasteiger partial charge in [-0.1, -0.05) is 11.6 Å². The van der Waals surface area contributed by atoms with E-state index < -0.39 is 0 Å². The number of hydrogen-bond acceptors (Lipinski definition) is 3. The second-order valence-electron chi connectivity index (χ2n) is 4.06. The molecule has 3 heterocycles. The van der Waals surface area contributed by atoms with Crippen molar-refractivity contribution in [1.82, 2.24) is 14.8 Å². The standard InChI is InChI=1S/C11H11BrClN3O/c12-11-10-7(4-5-8(13)14-10)16(15-11)9-3-1-2-6-17-9/h4-5,9H,1-3,6H2. The van der Waals surface area contributed by atoms with E-state index in [-0.39, 0.29) is 6.23 Å². The normalized spacial score (nSPS) is 20.9. The third-order valence-electron chi connectivity index (χ3n) is 2.91. The zero-order valence-corrected chi connectivity index (χ0v) is 11.4. The number of rotatable bonds is 1. The monoisotopic (exact) mass is 315 g/mol. The quantitative estimate of drug-likeness (QED) is 0.755. The first-order chi connectivity index (χ1) is 8.25. The zero-order valence-electron chi connectivity index (χ0n) is 9.07. The van der Waals surface area contributed by atoms with Crippen LogP contribution in [0.1, 0.15) is 25.5 Å². The second kappa shape index (κ2) is 4.55. The van der Waals surface area contributed by atoms with E-state index in [1.165, 1.54) is 6.42 Å². The summed E-state index contributed by atoms with van der Waals surface area (Å²) in [6.45, 7) is 0.796. The Labute approximate surface area is 112 Å². The Morgan fingerprint density at radius 1 is 1.41 bits per heavy atom. The van der Waals surface area contributed by atoms with Crippen molar-refractivity contribution < 1.29 is 4.74 Å². The van der Waals surface area contributed by atoms with Gasteiger partial charge < -0.3 is 4.74 Å². The Morgan fingerprint density at radius 2 is 2.29 bits per heavy atom. The van der Waals surface area contributed by atoms with E-state index in [2.05, 4.69) is 26.0 Å². The van der Waals surface area contributed by atoms with Gasteiger partial charge >= 0.3 is 0 Å². The summed E-state index contributed by atoms with van der Waals surface area (Å²) in [5.41, 5.74) is 1.74. The summed E-state index contributed by atoms with van der Waals surface area (Å²) in [6, 6.07) is 3.71. The van der Waals surface area contributed by atoms with Crippen LogP contribution in [0.2, 0.25) is 5.15 Å². The Hall–Kier alpha value is -0.650. The maximum Gasteiger partial charge on any atom is 0.154 e. The number of halogens is 2. The van der Waals surface area contributed by atoms with E-state index in [0.717, 1.165) is 30.5 Å². The van der Waals surface area contributed by atoms with Crippen LogP contribution < -0.4 is 0 Å². The summed E-state index contributed by atoms with van der Waals surface area (Å²) in [5.74, 6) is 0. The lowest BCUT2D eigenvalue weighted by Gasteiger charge is -2.23. The largest absolute Gasteiger partial charge is 0.356 e. The molecular formula is C11H11BrClN3O. The molecule has 0 bridgehead atoms. The van der Waals surface area contributed by atoms with E-state index in [1.807, 2.05) is 10.7 Å². The lowest BCUT2D eigenvalue weighted by molar-refractivity contribution is -0.0368. The fourth-order valence-corrected chi connectivity index (χ4v) is 2.71. The maximum atomic E-state index is 5.89. The number of aromatic nitrogens is 3. The second-order valence-corrected chi connectivity index (χ2v) is 5.20. The van der Waals surface area contributed by atoms with Gasteiger partial charge in [-0.25, -0.2) is 9.67 Å². The van der Waals surface area contributed by atoms with Crippen molar-refractivity contribution >= 4 is 38.6 Å². The minimum absolute atomic E-state index is 0.0144. The molecule has 0 amide bonds. The lowest BCUT2D eigenvalue weighted by atomic mass is 10.2. The molecule has 0 aromatic carbocycles. The highest BCUT2D eigenvalue weighted by atomic mass is 79.9. The predicted octanol–water partition coefficient (Wildman–Crippen LogP) is 3.55. The van der Waals surface area contributed by atoms with Gasteiger partial charge in [0.25, 0.3) is 0 Å². The molecule has 1 aliphatic rings. The van der Waals surface area contributed by atoms with Crippen molar-refractivity contribution in [2.75, 3.05) is 6.61 Å². The van der Waals surface area contributed by atoms with Gasteiger partial charge in [-0.05, 0) is 47.3 Å². The molecular weight excluding hydrogens is 305 g/mol. The topological polar surface area (TPSA) is 39.9 Å². The van der Waals surface area contributed by atoms with Crippen LogP contribution in [0.25, 0.3) is 11.0 Å². The average molecular weight is 317 g/mol. The first kappa shape index (κ1) is 11.4. The highest BCUT2D eigenvalue weighted by molar-refractivity contribution is 9.10. The minimum atomic E-state index is 0.0144. The van der Waals surface area contributed by atoms with Crippen LogP contribution in [0.3, 0.4) is 0 Å². The summed E-state index contributed by atoms with van der Waals surface area (Å²) in [5, 5.41) is 4.92. The molecule has 0 saturated carbocycles. The maximum absolute atomic E-state index is 5.89. The first-order valence-corrected chi connectivity index (χ1v) is 6.74. The molecule has 2 aromatic rings. The molecule has 1 atom stereocenters. The summed E-state index contributed by atoms with van der Waals surface area (Å²) in [7, 11) is 0. The van der Waals surface area contributed by atoms with Crippen molar-refractivity contribution in [3.8, 4) is 0 Å². The number of ether oxygens (including phenoxy) is 1. The number of nitrogens with zero attached hydrogens (tertiary/aromatic N) is 3. The van der Waals surface area contributed by atoms with Gasteiger partial charge in [0.2, 0.25) is 0 Å². The van der Waals surface area contributed by atoms with Gasteiger partial charge in [0.1, 0.15) is 10.7 Å². The van der Waals surface area contributed by atoms with E-state index in [1.54, 1.807) is 6.07 Å². The van der Waals surface area contributed by atoms with Gasteiger partial charge in [-0.15, -0.1) is 0 Å². The molecule has 6 heteroatoms. The minimum Gasteiger partial charge on any atom is -0.356 e. The van der Waals surface area contributed by atoms with Crippen LogP contribution in [-0.2, 0) is 4.74 Å². The smallest absolute Gasteiger partial charge is 0.154 e. The summed E-state index contributed by atoms with van der Waals surface area (Å²) >= 11 is 9.30. The summed E-state index contributed by atoms with van der Waals surface area (Å²) in [6.07, 6.45) is 3.30. The molecule has 1 fully saturated rings. The molecule has 0 N–H and O–H groups in total. The van der Waals surface area contributed by atoms with Crippen LogP contribution in [0.15, 0.2) is 16.7 Å². The number of pyridine rings is 1. The van der Waals surface area contributed by atoms with Gasteiger partial charge in [0.15, 0.2) is 10.8 Å². The van der Waals surface area contributed by atoms with Gasteiger partial charge in [-0.3, -0.25) is 0 Å². The third kappa shape index (κ3) is 2.07. The summed E-state index contributed by atoms with van der Waals surface area (Å²) in [4.78, 5) is 4.27. The predicted molar refractivity (Wildman–Crippen MR) is 69.1 cm³/mol. The number of fused-ring (bicyclic) bond motifs is 1. The van der Waals surface area contributed by atoms with Gasteiger partial charge in [-0.2, -0.15) is 5.10 Å². The van der Waals surface area contributed by atoms with Crippen molar-refractivity contribution in [3.63, 3.8) is 0 Å². The molecule has 3 rings (SSSR count). The molecule has 4 nitrogen and oxygen atoms in total. The van der Waals surface area contributed by atoms with Crippen molar-refractivity contribution in [2.24, 2.45) is 0 Å². The SMILES string of the molecule is Clc1ccc2c(n1)c(Br)nn2C1CCCCO1. The Bertz CT molecular complexity index is 551. The van der Waals surface area contributed by atoms with Crippen LogP contribution in [-0.4, -0.2) is 21.4 Å². The third-order valence-corrected chi connectivity index (χ3v) is 3.65. The Balaban J connectivity index is 2.10. The van der Waals surface area contributed by atoms with E-state index >= 15 is 0 Å². The molecule has 17 heavy (non-hydrogen) atoms. The van der Waals surface area contributed by atoms with Crippen molar-refractivity contribution in [3.05, 3.63) is 21.9 Å². The molecule has 0 aliphatic carbocycles. The molecule has 1 saturated heterocycles. The molecule has 0 spiro atoms. The Kier molecular flexibility index (Phi) is 3.06. The molecule has 90 valence electrons. The Morgan fingerprint density at radius 3 is 3.06 bits per heavy atom. The molecule has 1 aliphatic heterocycles. The highest BCUT2D eigenvalue weighted by Gasteiger charge is 2.20. The average Bonchev–Trinajstić information content (AvgIpc) is 2.68. The zero-order chi connectivity index (χ0) is 11.8. The summed E-state index contributed by atoms with van der Waals surface area (Å²) < 4.78 is 8.34. The molecule has 0 radical (unpaired) electrons. The van der Waals surface area contributed by atoms with Crippen LogP contribution >= 0.6 is 27.5 Å². The van der Waals surface area contributed by atoms with Crippen LogP contribution in [0.5, 0.6) is 0 Å². The van der Waals surface area contributed by atoms with Crippen molar-refractivity contribution in [1.29, 1.82) is 0 Å². The van der Waals surface area contributed by atoms with Gasteiger partial charge in [0.05, 0.1) is 5.52 Å². The van der Waals surface area contributed by atoms with E-state index in [9.17, 15) is 0 Å². The fraction of sp³-hybridized carbons (Fsp3) is 0.455. The van der Waals surface area contributed by atoms with Gasteiger partial charge in [0, 0.05) is 6.61 Å². The van der Waals surface area contributed by atoms with Crippen LogP contribution in [0.4, 0.5) is 0 Å². The molecule has 1 unspecified atom stereocenters. The lowest BCUT2D eigenvalue weighted by Crippen LogP contribution is -2.19. The highest BCUT2D eigenvalue weighted by Crippen LogP contribution is 2.29. The van der Waals surface area contributed by atoms with E-state index in [4.69, 9.17) is 16.3 Å².